The lowest BCUT2D eigenvalue weighted by Crippen LogP contribution is -2.47. The van der Waals surface area contributed by atoms with Crippen LogP contribution < -0.4 is 11.2 Å². The molecule has 1 amide bonds. The third-order valence-electron chi connectivity index (χ3n) is 4.55. The molecule has 0 saturated carbocycles. The van der Waals surface area contributed by atoms with Gasteiger partial charge in [-0.3, -0.25) is 19.1 Å². The van der Waals surface area contributed by atoms with Crippen LogP contribution in [-0.4, -0.2) is 51.0 Å². The average molecular weight is 374 g/mol. The highest BCUT2D eigenvalue weighted by Crippen LogP contribution is 2.12. The highest BCUT2D eigenvalue weighted by Gasteiger charge is 2.19. The van der Waals surface area contributed by atoms with Crippen molar-refractivity contribution in [1.29, 1.82) is 0 Å². The Balaban J connectivity index is 1.60. The Kier molecular flexibility index (Phi) is 5.53. The third-order valence-corrected chi connectivity index (χ3v) is 5.28. The number of aromatic nitrogens is 2. The normalized spacial score (nSPS) is 15.7. The Morgan fingerprint density at radius 3 is 2.58 bits per heavy atom. The van der Waals surface area contributed by atoms with Gasteiger partial charge in [-0.05, 0) is 28.5 Å². The van der Waals surface area contributed by atoms with Crippen LogP contribution in [0.5, 0.6) is 0 Å². The van der Waals surface area contributed by atoms with Gasteiger partial charge in [0.15, 0.2) is 0 Å². The molecule has 0 N–H and O–H groups in total. The van der Waals surface area contributed by atoms with Crippen molar-refractivity contribution in [3.63, 3.8) is 0 Å². The number of carbonyl (C=O) groups is 1. The summed E-state index contributed by atoms with van der Waals surface area (Å²) in [6.07, 6.45) is 4.35. The fourth-order valence-corrected chi connectivity index (χ4v) is 3.64. The first-order chi connectivity index (χ1) is 12.5. The molecule has 1 fully saturated rings. The van der Waals surface area contributed by atoms with Crippen molar-refractivity contribution < 1.29 is 4.79 Å². The molecule has 3 rings (SSSR count). The fraction of sp³-hybridized carbons (Fsp3) is 0.389. The van der Waals surface area contributed by atoms with Gasteiger partial charge in [-0.1, -0.05) is 0 Å². The molecule has 0 atom stereocenters. The molecule has 1 aliphatic heterocycles. The number of carbonyl (C=O) groups excluding carboxylic acids is 1. The maximum atomic E-state index is 12.4. The van der Waals surface area contributed by atoms with Gasteiger partial charge in [0.05, 0.1) is 5.56 Å². The van der Waals surface area contributed by atoms with E-state index in [2.05, 4.69) is 21.7 Å². The van der Waals surface area contributed by atoms with E-state index in [0.717, 1.165) is 24.2 Å². The van der Waals surface area contributed by atoms with Gasteiger partial charge in [-0.2, -0.15) is 11.3 Å². The summed E-state index contributed by atoms with van der Waals surface area (Å²) < 4.78 is 2.36. The van der Waals surface area contributed by atoms with Crippen LogP contribution in [0.3, 0.4) is 0 Å². The van der Waals surface area contributed by atoms with Gasteiger partial charge in [0, 0.05) is 59.1 Å². The summed E-state index contributed by atoms with van der Waals surface area (Å²) in [4.78, 5) is 40.3. The molecule has 0 aromatic carbocycles. The molecule has 0 bridgehead atoms. The van der Waals surface area contributed by atoms with E-state index in [0.29, 0.717) is 18.7 Å². The second-order valence-electron chi connectivity index (χ2n) is 6.41. The largest absolute Gasteiger partial charge is 0.337 e. The lowest BCUT2D eigenvalue weighted by Gasteiger charge is -2.34. The standard InChI is InChI=1S/C18H22N4O3S/c1-19-12-15(17(24)20(2)18(19)25)3-4-16(23)22-8-6-21(7-9-22)11-14-5-10-26-13-14/h3-5,10,12-13H,6-9,11H2,1-2H3. The van der Waals surface area contributed by atoms with E-state index >= 15 is 0 Å². The van der Waals surface area contributed by atoms with Crippen molar-refractivity contribution >= 4 is 23.3 Å². The van der Waals surface area contributed by atoms with E-state index in [-0.39, 0.29) is 11.6 Å². The summed E-state index contributed by atoms with van der Waals surface area (Å²) in [5.41, 5.74) is 0.831. The predicted octanol–water partition coefficient (Wildman–Crippen LogP) is 0.503. The molecular formula is C18H22N4O3S. The molecule has 26 heavy (non-hydrogen) atoms. The van der Waals surface area contributed by atoms with Gasteiger partial charge < -0.3 is 9.47 Å². The molecule has 2 aromatic rings. The van der Waals surface area contributed by atoms with Crippen molar-refractivity contribution in [2.24, 2.45) is 14.1 Å². The predicted molar refractivity (Wildman–Crippen MR) is 102 cm³/mol. The second kappa shape index (κ2) is 7.84. The van der Waals surface area contributed by atoms with E-state index in [9.17, 15) is 14.4 Å². The topological polar surface area (TPSA) is 67.6 Å². The van der Waals surface area contributed by atoms with Gasteiger partial charge in [-0.25, -0.2) is 4.79 Å². The van der Waals surface area contributed by atoms with Crippen LogP contribution in [0.4, 0.5) is 0 Å². The zero-order valence-corrected chi connectivity index (χ0v) is 15.7. The molecule has 138 valence electrons. The quantitative estimate of drug-likeness (QED) is 0.731. The number of piperazine rings is 1. The summed E-state index contributed by atoms with van der Waals surface area (Å²) in [6, 6.07) is 2.12. The maximum absolute atomic E-state index is 12.4. The monoisotopic (exact) mass is 374 g/mol. The average Bonchev–Trinajstić information content (AvgIpc) is 3.15. The number of hydrogen-bond acceptors (Lipinski definition) is 5. The Labute approximate surface area is 155 Å². The van der Waals surface area contributed by atoms with E-state index in [1.165, 1.54) is 35.5 Å². The van der Waals surface area contributed by atoms with Crippen molar-refractivity contribution in [3.05, 3.63) is 61.1 Å². The lowest BCUT2D eigenvalue weighted by atomic mass is 10.2. The van der Waals surface area contributed by atoms with Crippen LogP contribution >= 0.6 is 11.3 Å². The molecule has 0 spiro atoms. The van der Waals surface area contributed by atoms with Crippen molar-refractivity contribution in [1.82, 2.24) is 18.9 Å². The zero-order chi connectivity index (χ0) is 18.7. The number of rotatable bonds is 4. The van der Waals surface area contributed by atoms with Gasteiger partial charge in [0.2, 0.25) is 5.91 Å². The van der Waals surface area contributed by atoms with E-state index in [1.807, 2.05) is 0 Å². The van der Waals surface area contributed by atoms with Crippen molar-refractivity contribution in [2.45, 2.75) is 6.54 Å². The highest BCUT2D eigenvalue weighted by molar-refractivity contribution is 7.07. The number of amides is 1. The summed E-state index contributed by atoms with van der Waals surface area (Å²) in [6.45, 7) is 3.90. The highest BCUT2D eigenvalue weighted by atomic mass is 32.1. The number of hydrogen-bond donors (Lipinski definition) is 0. The smallest absolute Gasteiger partial charge is 0.330 e. The Bertz CT molecular complexity index is 919. The Hall–Kier alpha value is -2.45. The minimum Gasteiger partial charge on any atom is -0.337 e. The SMILES string of the molecule is Cn1cc(C=CC(=O)N2CCN(Cc3ccsc3)CC2)c(=O)n(C)c1=O. The van der Waals surface area contributed by atoms with Gasteiger partial charge in [-0.15, -0.1) is 0 Å². The summed E-state index contributed by atoms with van der Waals surface area (Å²) in [5.74, 6) is -0.115. The lowest BCUT2D eigenvalue weighted by molar-refractivity contribution is -0.127. The Morgan fingerprint density at radius 1 is 1.19 bits per heavy atom. The van der Waals surface area contributed by atoms with Crippen molar-refractivity contribution in [3.8, 4) is 0 Å². The maximum Gasteiger partial charge on any atom is 0.330 e. The summed E-state index contributed by atoms with van der Waals surface area (Å²) in [5, 5.41) is 4.22. The van der Waals surface area contributed by atoms with Gasteiger partial charge in [0.1, 0.15) is 0 Å². The van der Waals surface area contributed by atoms with Crippen LogP contribution in [0.25, 0.3) is 6.08 Å². The third kappa shape index (κ3) is 4.03. The molecule has 0 aliphatic carbocycles. The summed E-state index contributed by atoms with van der Waals surface area (Å²) in [7, 11) is 3.00. The minimum atomic E-state index is -0.405. The van der Waals surface area contributed by atoms with Crippen LogP contribution in [0, 0.1) is 0 Å². The minimum absolute atomic E-state index is 0.115. The number of nitrogens with zero attached hydrogens (tertiary/aromatic N) is 4. The van der Waals surface area contributed by atoms with Crippen LogP contribution in [0.15, 0.2) is 38.7 Å². The second-order valence-corrected chi connectivity index (χ2v) is 7.19. The molecular weight excluding hydrogens is 352 g/mol. The van der Waals surface area contributed by atoms with E-state index in [4.69, 9.17) is 0 Å². The molecule has 1 saturated heterocycles. The van der Waals surface area contributed by atoms with Crippen LogP contribution in [0.1, 0.15) is 11.1 Å². The molecule has 3 heterocycles. The summed E-state index contributed by atoms with van der Waals surface area (Å²) >= 11 is 1.69. The molecule has 0 unspecified atom stereocenters. The van der Waals surface area contributed by atoms with E-state index < -0.39 is 5.56 Å². The molecule has 2 aromatic heterocycles. The first kappa shape index (κ1) is 18.3. The first-order valence-electron chi connectivity index (χ1n) is 8.43. The van der Waals surface area contributed by atoms with Crippen LogP contribution in [0.2, 0.25) is 0 Å². The molecule has 1 aliphatic rings. The fourth-order valence-electron chi connectivity index (χ4n) is 2.98. The Morgan fingerprint density at radius 2 is 1.92 bits per heavy atom. The van der Waals surface area contributed by atoms with E-state index in [1.54, 1.807) is 23.3 Å². The zero-order valence-electron chi connectivity index (χ0n) is 14.9. The number of thiophene rings is 1. The molecule has 0 radical (unpaired) electrons. The van der Waals surface area contributed by atoms with Crippen molar-refractivity contribution in [2.75, 3.05) is 26.2 Å². The van der Waals surface area contributed by atoms with Gasteiger partial charge in [0.25, 0.3) is 5.56 Å². The molecule has 8 heteroatoms. The van der Waals surface area contributed by atoms with Gasteiger partial charge >= 0.3 is 5.69 Å². The van der Waals surface area contributed by atoms with Crippen LogP contribution in [-0.2, 0) is 25.4 Å². The first-order valence-corrected chi connectivity index (χ1v) is 9.37. The molecule has 7 nitrogen and oxygen atoms in total. The number of aryl methyl sites for hydroxylation is 1.